The highest BCUT2D eigenvalue weighted by atomic mass is 32.2. The lowest BCUT2D eigenvalue weighted by Crippen LogP contribution is -2.44. The van der Waals surface area contributed by atoms with Crippen molar-refractivity contribution < 1.29 is 0 Å². The Kier molecular flexibility index (Phi) is 4.35. The molecule has 0 radical (unpaired) electrons. The van der Waals surface area contributed by atoms with Gasteiger partial charge in [0, 0.05) is 36.7 Å². The molecule has 0 aromatic carbocycles. The largest absolute Gasteiger partial charge is 0.314 e. The normalized spacial score (nSPS) is 30.4. The lowest BCUT2D eigenvalue weighted by molar-refractivity contribution is 0.199. The fourth-order valence-electron chi connectivity index (χ4n) is 2.15. The van der Waals surface area contributed by atoms with Gasteiger partial charge in [-0.1, -0.05) is 6.92 Å². The topological polar surface area (TPSA) is 15.3 Å². The van der Waals surface area contributed by atoms with E-state index in [-0.39, 0.29) is 0 Å². The van der Waals surface area contributed by atoms with Crippen molar-refractivity contribution in [1.82, 2.24) is 10.2 Å². The number of hydrogen-bond acceptors (Lipinski definition) is 3. The highest BCUT2D eigenvalue weighted by Crippen LogP contribution is 2.20. The number of rotatable bonds is 5. The molecule has 2 unspecified atom stereocenters. The van der Waals surface area contributed by atoms with Gasteiger partial charge in [-0.25, -0.2) is 0 Å². The van der Waals surface area contributed by atoms with Gasteiger partial charge in [0.15, 0.2) is 0 Å². The summed E-state index contributed by atoms with van der Waals surface area (Å²) >= 11 is 2.10. The van der Waals surface area contributed by atoms with Crippen LogP contribution in [0, 0.1) is 5.92 Å². The highest BCUT2D eigenvalue weighted by Gasteiger charge is 2.23. The molecule has 1 saturated heterocycles. The summed E-state index contributed by atoms with van der Waals surface area (Å²) in [6.45, 7) is 8.53. The van der Waals surface area contributed by atoms with Crippen LogP contribution in [0.4, 0.5) is 0 Å². The molecule has 2 nitrogen and oxygen atoms in total. The van der Waals surface area contributed by atoms with Crippen molar-refractivity contribution >= 4 is 11.8 Å². The van der Waals surface area contributed by atoms with Crippen LogP contribution in [0.1, 0.15) is 26.7 Å². The van der Waals surface area contributed by atoms with Crippen molar-refractivity contribution in [3.63, 3.8) is 0 Å². The standard InChI is InChI=1S/C12H24N2S/c1-10(7-13-12-3-4-12)8-14-5-6-15-9-11(14)2/h10-13H,3-9H2,1-2H3. The molecule has 15 heavy (non-hydrogen) atoms. The third kappa shape index (κ3) is 3.97. The summed E-state index contributed by atoms with van der Waals surface area (Å²) in [7, 11) is 0. The molecule has 88 valence electrons. The van der Waals surface area contributed by atoms with Gasteiger partial charge in [0.1, 0.15) is 0 Å². The van der Waals surface area contributed by atoms with Gasteiger partial charge in [-0.2, -0.15) is 11.8 Å². The van der Waals surface area contributed by atoms with Crippen LogP contribution < -0.4 is 5.32 Å². The van der Waals surface area contributed by atoms with Gasteiger partial charge in [-0.15, -0.1) is 0 Å². The van der Waals surface area contributed by atoms with E-state index in [1.165, 1.54) is 44.0 Å². The number of hydrogen-bond donors (Lipinski definition) is 1. The molecule has 2 rings (SSSR count). The van der Waals surface area contributed by atoms with Gasteiger partial charge in [0.25, 0.3) is 0 Å². The maximum atomic E-state index is 3.63. The van der Waals surface area contributed by atoms with Gasteiger partial charge >= 0.3 is 0 Å². The van der Waals surface area contributed by atoms with E-state index in [0.29, 0.717) is 0 Å². The second-order valence-electron chi connectivity index (χ2n) is 5.21. The molecule has 3 heteroatoms. The third-order valence-electron chi connectivity index (χ3n) is 3.38. The second kappa shape index (κ2) is 5.55. The molecule has 0 spiro atoms. The predicted octanol–water partition coefficient (Wildman–Crippen LogP) is 1.81. The Labute approximate surface area is 98.2 Å². The fraction of sp³-hybridized carbons (Fsp3) is 1.00. The molecular formula is C12H24N2S. The van der Waals surface area contributed by atoms with E-state index in [1.54, 1.807) is 0 Å². The smallest absolute Gasteiger partial charge is 0.0158 e. The molecular weight excluding hydrogens is 204 g/mol. The average Bonchev–Trinajstić information content (AvgIpc) is 3.02. The van der Waals surface area contributed by atoms with Gasteiger partial charge in [0.2, 0.25) is 0 Å². The summed E-state index contributed by atoms with van der Waals surface area (Å²) in [5.41, 5.74) is 0. The minimum absolute atomic E-state index is 0.784. The van der Waals surface area contributed by atoms with Crippen LogP contribution in [0.3, 0.4) is 0 Å². The monoisotopic (exact) mass is 228 g/mol. The molecule has 1 saturated carbocycles. The summed E-state index contributed by atoms with van der Waals surface area (Å²) in [6.07, 6.45) is 2.81. The van der Waals surface area contributed by atoms with E-state index in [1.807, 2.05) is 0 Å². The fourth-order valence-corrected chi connectivity index (χ4v) is 3.24. The first kappa shape index (κ1) is 11.7. The van der Waals surface area contributed by atoms with Crippen LogP contribution in [0.15, 0.2) is 0 Å². The Balaban J connectivity index is 1.64. The first-order valence-electron chi connectivity index (χ1n) is 6.31. The van der Waals surface area contributed by atoms with Gasteiger partial charge in [-0.3, -0.25) is 4.90 Å². The van der Waals surface area contributed by atoms with Crippen LogP contribution in [0.25, 0.3) is 0 Å². The van der Waals surface area contributed by atoms with E-state index in [0.717, 1.165) is 18.0 Å². The zero-order chi connectivity index (χ0) is 10.7. The summed E-state index contributed by atoms with van der Waals surface area (Å²) in [5.74, 6) is 3.45. The van der Waals surface area contributed by atoms with E-state index in [4.69, 9.17) is 0 Å². The minimum atomic E-state index is 0.784. The molecule has 1 aliphatic carbocycles. The zero-order valence-corrected chi connectivity index (χ0v) is 10.9. The molecule has 1 N–H and O–H groups in total. The van der Waals surface area contributed by atoms with Crippen molar-refractivity contribution in [2.24, 2.45) is 5.92 Å². The molecule has 2 aliphatic rings. The summed E-state index contributed by atoms with van der Waals surface area (Å²) in [4.78, 5) is 2.66. The maximum Gasteiger partial charge on any atom is 0.0158 e. The Morgan fingerprint density at radius 1 is 1.47 bits per heavy atom. The molecule has 0 amide bonds. The van der Waals surface area contributed by atoms with Crippen molar-refractivity contribution in [3.05, 3.63) is 0 Å². The highest BCUT2D eigenvalue weighted by molar-refractivity contribution is 7.99. The van der Waals surface area contributed by atoms with Gasteiger partial charge in [0.05, 0.1) is 0 Å². The predicted molar refractivity (Wildman–Crippen MR) is 68.5 cm³/mol. The van der Waals surface area contributed by atoms with Crippen LogP contribution in [0.5, 0.6) is 0 Å². The molecule has 2 atom stereocenters. The number of nitrogens with zero attached hydrogens (tertiary/aromatic N) is 1. The van der Waals surface area contributed by atoms with Crippen LogP contribution in [-0.4, -0.2) is 48.1 Å². The Bertz CT molecular complexity index is 194. The van der Waals surface area contributed by atoms with E-state index < -0.39 is 0 Å². The van der Waals surface area contributed by atoms with E-state index in [9.17, 15) is 0 Å². The Morgan fingerprint density at radius 3 is 2.93 bits per heavy atom. The van der Waals surface area contributed by atoms with Crippen molar-refractivity contribution in [2.75, 3.05) is 31.1 Å². The summed E-state index contributed by atoms with van der Waals surface area (Å²) in [6, 6.07) is 1.65. The van der Waals surface area contributed by atoms with Crippen LogP contribution >= 0.6 is 11.8 Å². The maximum absolute atomic E-state index is 3.63. The van der Waals surface area contributed by atoms with Crippen molar-refractivity contribution in [3.8, 4) is 0 Å². The summed E-state index contributed by atoms with van der Waals surface area (Å²) < 4.78 is 0. The van der Waals surface area contributed by atoms with Crippen LogP contribution in [-0.2, 0) is 0 Å². The zero-order valence-electron chi connectivity index (χ0n) is 10.0. The quantitative estimate of drug-likeness (QED) is 0.772. The summed E-state index contributed by atoms with van der Waals surface area (Å²) in [5, 5.41) is 3.63. The van der Waals surface area contributed by atoms with Gasteiger partial charge < -0.3 is 5.32 Å². The molecule has 0 aromatic rings. The van der Waals surface area contributed by atoms with Crippen molar-refractivity contribution in [1.29, 1.82) is 0 Å². The average molecular weight is 228 g/mol. The Morgan fingerprint density at radius 2 is 2.27 bits per heavy atom. The van der Waals surface area contributed by atoms with Crippen LogP contribution in [0.2, 0.25) is 0 Å². The molecule has 2 fully saturated rings. The Hall–Kier alpha value is 0.270. The molecule has 0 aromatic heterocycles. The minimum Gasteiger partial charge on any atom is -0.314 e. The number of thioether (sulfide) groups is 1. The van der Waals surface area contributed by atoms with Gasteiger partial charge in [-0.05, 0) is 32.2 Å². The molecule has 1 aliphatic heterocycles. The number of nitrogens with one attached hydrogen (secondary N) is 1. The van der Waals surface area contributed by atoms with Crippen molar-refractivity contribution in [2.45, 2.75) is 38.8 Å². The lowest BCUT2D eigenvalue weighted by atomic mass is 10.1. The second-order valence-corrected chi connectivity index (χ2v) is 6.36. The molecule has 1 heterocycles. The van der Waals surface area contributed by atoms with E-state index in [2.05, 4.69) is 35.8 Å². The lowest BCUT2D eigenvalue weighted by Gasteiger charge is -2.34. The molecule has 0 bridgehead atoms. The third-order valence-corrected chi connectivity index (χ3v) is 4.57. The SMILES string of the molecule is CC(CNC1CC1)CN1CCSCC1C. The first-order chi connectivity index (χ1) is 7.25. The first-order valence-corrected chi connectivity index (χ1v) is 7.46. The van der Waals surface area contributed by atoms with E-state index >= 15 is 0 Å².